The fraction of sp³-hybridized carbons (Fsp3) is 0.409. The molecule has 1 saturated carbocycles. The Hall–Kier alpha value is -3.00. The molecule has 1 atom stereocenters. The van der Waals surface area contributed by atoms with E-state index in [4.69, 9.17) is 9.15 Å². The summed E-state index contributed by atoms with van der Waals surface area (Å²) in [6, 6.07) is 6.19. The van der Waals surface area contributed by atoms with Crippen molar-refractivity contribution in [1.29, 1.82) is 0 Å². The number of ether oxygens (including phenoxy) is 1. The zero-order valence-electron chi connectivity index (χ0n) is 16.9. The Morgan fingerprint density at radius 3 is 2.77 bits per heavy atom. The number of carbonyl (C=O) groups excluding carboxylic acids is 1. The molecule has 1 amide bonds. The molecule has 0 bridgehead atoms. The molecule has 3 aromatic rings. The zero-order valence-corrected chi connectivity index (χ0v) is 16.9. The Morgan fingerprint density at radius 2 is 2.03 bits per heavy atom. The van der Waals surface area contributed by atoms with Crippen molar-refractivity contribution in [2.75, 3.05) is 25.0 Å². The molecule has 3 heterocycles. The van der Waals surface area contributed by atoms with Gasteiger partial charge in [0, 0.05) is 12.1 Å². The number of hydrogen-bond acceptors (Lipinski definition) is 6. The number of aromatic nitrogens is 2. The lowest BCUT2D eigenvalue weighted by Crippen LogP contribution is -2.42. The molecule has 1 aliphatic heterocycles. The summed E-state index contributed by atoms with van der Waals surface area (Å²) >= 11 is 0. The maximum atomic E-state index is 13.5. The zero-order chi connectivity index (χ0) is 20.9. The third kappa shape index (κ3) is 3.41. The third-order valence-electron chi connectivity index (χ3n) is 5.89. The number of rotatable bonds is 4. The van der Waals surface area contributed by atoms with Crippen molar-refractivity contribution in [2.45, 2.75) is 38.3 Å². The standard InChI is InChI=1S/C22H23FN4O3/c1-13-17(18-19(26-22(2)7-8-22)24-12-25-20(18)30-13)21(28)27-9-10-29-16(11-27)14-3-5-15(23)6-4-14/h3-6,12,16H,7-11H2,1-2H3,(H,24,25,26). The van der Waals surface area contributed by atoms with Crippen LogP contribution in [0.4, 0.5) is 10.2 Å². The van der Waals surface area contributed by atoms with E-state index < -0.39 is 0 Å². The van der Waals surface area contributed by atoms with E-state index in [0.717, 1.165) is 18.4 Å². The first-order valence-electron chi connectivity index (χ1n) is 10.1. The first-order chi connectivity index (χ1) is 14.4. The van der Waals surface area contributed by atoms with Crippen LogP contribution in [0, 0.1) is 12.7 Å². The van der Waals surface area contributed by atoms with Crippen LogP contribution in [0.3, 0.4) is 0 Å². The summed E-state index contributed by atoms with van der Waals surface area (Å²) in [4.78, 5) is 23.9. The van der Waals surface area contributed by atoms with Gasteiger partial charge in [-0.3, -0.25) is 4.79 Å². The summed E-state index contributed by atoms with van der Waals surface area (Å²) in [5, 5.41) is 4.07. The van der Waals surface area contributed by atoms with Crippen LogP contribution in [0.5, 0.6) is 0 Å². The molecule has 5 rings (SSSR count). The highest BCUT2D eigenvalue weighted by Gasteiger charge is 2.39. The number of benzene rings is 1. The third-order valence-corrected chi connectivity index (χ3v) is 5.89. The van der Waals surface area contributed by atoms with Crippen LogP contribution in [0.2, 0.25) is 0 Å². The van der Waals surface area contributed by atoms with Crippen molar-refractivity contribution in [1.82, 2.24) is 14.9 Å². The molecule has 0 spiro atoms. The lowest BCUT2D eigenvalue weighted by Gasteiger charge is -2.33. The van der Waals surface area contributed by atoms with Gasteiger partial charge in [0.05, 0.1) is 24.1 Å². The van der Waals surface area contributed by atoms with Crippen LogP contribution in [0.25, 0.3) is 11.1 Å². The van der Waals surface area contributed by atoms with Crippen molar-refractivity contribution in [2.24, 2.45) is 0 Å². The van der Waals surface area contributed by atoms with Gasteiger partial charge in [-0.1, -0.05) is 12.1 Å². The van der Waals surface area contributed by atoms with Crippen molar-refractivity contribution in [3.8, 4) is 0 Å². The molecule has 2 aliphatic rings. The first kappa shape index (κ1) is 19.0. The quantitative estimate of drug-likeness (QED) is 0.704. The second kappa shape index (κ2) is 7.05. The molecule has 1 unspecified atom stereocenters. The van der Waals surface area contributed by atoms with Crippen LogP contribution in [0.1, 0.15) is 47.6 Å². The Kier molecular flexibility index (Phi) is 4.47. The van der Waals surface area contributed by atoms with Crippen molar-refractivity contribution >= 4 is 22.8 Å². The normalized spacial score (nSPS) is 20.4. The monoisotopic (exact) mass is 410 g/mol. The van der Waals surface area contributed by atoms with Crippen molar-refractivity contribution < 1.29 is 18.3 Å². The molecule has 156 valence electrons. The van der Waals surface area contributed by atoms with E-state index >= 15 is 0 Å². The lowest BCUT2D eigenvalue weighted by atomic mass is 10.1. The number of hydrogen-bond donors (Lipinski definition) is 1. The van der Waals surface area contributed by atoms with Crippen molar-refractivity contribution in [3.05, 3.63) is 53.3 Å². The number of aryl methyl sites for hydroxylation is 1. The Bertz CT molecular complexity index is 1110. The number of carbonyl (C=O) groups is 1. The van der Waals surface area contributed by atoms with E-state index in [2.05, 4.69) is 22.2 Å². The minimum Gasteiger partial charge on any atom is -0.442 e. The van der Waals surface area contributed by atoms with E-state index in [0.29, 0.717) is 47.9 Å². The van der Waals surface area contributed by atoms with Gasteiger partial charge in [-0.15, -0.1) is 0 Å². The van der Waals surface area contributed by atoms with Crippen molar-refractivity contribution in [3.63, 3.8) is 0 Å². The van der Waals surface area contributed by atoms with E-state index in [9.17, 15) is 9.18 Å². The summed E-state index contributed by atoms with van der Waals surface area (Å²) in [5.41, 5.74) is 1.73. The lowest BCUT2D eigenvalue weighted by molar-refractivity contribution is -0.0228. The molecule has 1 aromatic carbocycles. The fourth-order valence-corrected chi connectivity index (χ4v) is 3.87. The summed E-state index contributed by atoms with van der Waals surface area (Å²) in [6.07, 6.45) is 3.26. The summed E-state index contributed by atoms with van der Waals surface area (Å²) in [5.74, 6) is 0.709. The number of nitrogens with zero attached hydrogens (tertiary/aromatic N) is 3. The fourth-order valence-electron chi connectivity index (χ4n) is 3.87. The molecular weight excluding hydrogens is 387 g/mol. The topological polar surface area (TPSA) is 80.5 Å². The average molecular weight is 410 g/mol. The van der Waals surface area contributed by atoms with Gasteiger partial charge in [0.25, 0.3) is 5.91 Å². The van der Waals surface area contributed by atoms with E-state index in [1.54, 1.807) is 24.0 Å². The number of morpholine rings is 1. The highest BCUT2D eigenvalue weighted by molar-refractivity contribution is 6.10. The number of fused-ring (bicyclic) bond motifs is 1. The van der Waals surface area contributed by atoms with Gasteiger partial charge in [0.2, 0.25) is 5.71 Å². The largest absolute Gasteiger partial charge is 0.442 e. The molecule has 1 aliphatic carbocycles. The molecule has 0 radical (unpaired) electrons. The van der Waals surface area contributed by atoms with Gasteiger partial charge < -0.3 is 19.4 Å². The number of amides is 1. The van der Waals surface area contributed by atoms with E-state index in [-0.39, 0.29) is 23.4 Å². The average Bonchev–Trinajstić information content (AvgIpc) is 3.36. The molecule has 30 heavy (non-hydrogen) atoms. The van der Waals surface area contributed by atoms with Gasteiger partial charge in [-0.05, 0) is 44.4 Å². The van der Waals surface area contributed by atoms with E-state index in [1.807, 2.05) is 0 Å². The summed E-state index contributed by atoms with van der Waals surface area (Å²) in [6.45, 7) is 5.16. The van der Waals surface area contributed by atoms with Crippen LogP contribution in [0.15, 0.2) is 35.0 Å². The second-order valence-electron chi connectivity index (χ2n) is 8.28. The Morgan fingerprint density at radius 1 is 1.27 bits per heavy atom. The Labute approximate surface area is 173 Å². The minimum absolute atomic E-state index is 0.000577. The molecule has 1 saturated heterocycles. The van der Waals surface area contributed by atoms with Gasteiger partial charge >= 0.3 is 0 Å². The Balaban J connectivity index is 1.46. The van der Waals surface area contributed by atoms with Crippen LogP contribution < -0.4 is 5.32 Å². The highest BCUT2D eigenvalue weighted by atomic mass is 19.1. The minimum atomic E-state index is -0.305. The van der Waals surface area contributed by atoms with Crippen LogP contribution in [-0.2, 0) is 4.74 Å². The van der Waals surface area contributed by atoms with Crippen LogP contribution >= 0.6 is 0 Å². The highest BCUT2D eigenvalue weighted by Crippen LogP contribution is 2.40. The predicted octanol–water partition coefficient (Wildman–Crippen LogP) is 3.85. The van der Waals surface area contributed by atoms with Gasteiger partial charge in [0.15, 0.2) is 0 Å². The number of halogens is 1. The number of anilines is 1. The number of furan rings is 1. The first-order valence-corrected chi connectivity index (χ1v) is 10.1. The number of nitrogens with one attached hydrogen (secondary N) is 1. The van der Waals surface area contributed by atoms with E-state index in [1.165, 1.54) is 18.5 Å². The summed E-state index contributed by atoms with van der Waals surface area (Å²) in [7, 11) is 0. The maximum absolute atomic E-state index is 13.5. The van der Waals surface area contributed by atoms with Gasteiger partial charge in [0.1, 0.15) is 29.8 Å². The van der Waals surface area contributed by atoms with Gasteiger partial charge in [-0.2, -0.15) is 0 Å². The smallest absolute Gasteiger partial charge is 0.258 e. The SMILES string of the molecule is Cc1oc2ncnc(NC3(C)CC3)c2c1C(=O)N1CCOC(c2ccc(F)cc2)C1. The predicted molar refractivity (Wildman–Crippen MR) is 109 cm³/mol. The maximum Gasteiger partial charge on any atom is 0.258 e. The molecular formula is C22H23FN4O3. The summed E-state index contributed by atoms with van der Waals surface area (Å²) < 4.78 is 24.9. The molecule has 7 nitrogen and oxygen atoms in total. The van der Waals surface area contributed by atoms with Crippen LogP contribution in [-0.4, -0.2) is 46.0 Å². The molecule has 2 aromatic heterocycles. The molecule has 2 fully saturated rings. The van der Waals surface area contributed by atoms with Gasteiger partial charge in [-0.25, -0.2) is 14.4 Å². The molecule has 1 N–H and O–H groups in total. The molecule has 8 heteroatoms. The second-order valence-corrected chi connectivity index (χ2v) is 8.28.